The van der Waals surface area contributed by atoms with Crippen molar-refractivity contribution in [1.29, 1.82) is 0 Å². The second-order valence-electron chi connectivity index (χ2n) is 6.72. The van der Waals surface area contributed by atoms with E-state index in [0.29, 0.717) is 18.1 Å². The normalized spacial score (nSPS) is 17.3. The largest absolute Gasteiger partial charge is 0.356 e. The highest BCUT2D eigenvalue weighted by molar-refractivity contribution is 14.0. The summed E-state index contributed by atoms with van der Waals surface area (Å²) in [6, 6.07) is 6.72. The van der Waals surface area contributed by atoms with Crippen molar-refractivity contribution in [3.63, 3.8) is 0 Å². The van der Waals surface area contributed by atoms with Crippen LogP contribution < -0.4 is 10.6 Å². The lowest BCUT2D eigenvalue weighted by Gasteiger charge is -2.26. The van der Waals surface area contributed by atoms with Gasteiger partial charge in [-0.25, -0.2) is 4.39 Å². The molecule has 1 amide bonds. The molecule has 1 saturated heterocycles. The minimum Gasteiger partial charge on any atom is -0.356 e. The molecule has 1 fully saturated rings. The fourth-order valence-corrected chi connectivity index (χ4v) is 3.20. The van der Waals surface area contributed by atoms with Crippen LogP contribution >= 0.6 is 24.0 Å². The highest BCUT2D eigenvalue weighted by atomic mass is 127. The van der Waals surface area contributed by atoms with Crippen LogP contribution in [0.2, 0.25) is 0 Å². The molecule has 8 heteroatoms. The zero-order chi connectivity index (χ0) is 18.9. The number of amides is 1. The van der Waals surface area contributed by atoms with Gasteiger partial charge < -0.3 is 15.5 Å². The van der Waals surface area contributed by atoms with E-state index in [0.717, 1.165) is 38.9 Å². The van der Waals surface area contributed by atoms with Crippen molar-refractivity contribution in [2.24, 2.45) is 4.99 Å². The van der Waals surface area contributed by atoms with Gasteiger partial charge in [0.15, 0.2) is 5.96 Å². The molecule has 0 saturated carbocycles. The van der Waals surface area contributed by atoms with Gasteiger partial charge in [-0.3, -0.25) is 14.7 Å². The predicted octanol–water partition coefficient (Wildman–Crippen LogP) is 2.05. The second kappa shape index (κ2) is 12.1. The second-order valence-corrected chi connectivity index (χ2v) is 6.72. The first-order valence-electron chi connectivity index (χ1n) is 9.16. The van der Waals surface area contributed by atoms with E-state index in [4.69, 9.17) is 0 Å². The van der Waals surface area contributed by atoms with E-state index < -0.39 is 0 Å². The van der Waals surface area contributed by atoms with Gasteiger partial charge in [0.1, 0.15) is 5.82 Å². The van der Waals surface area contributed by atoms with Gasteiger partial charge in [0, 0.05) is 46.3 Å². The Morgan fingerprint density at radius 2 is 2.07 bits per heavy atom. The Labute approximate surface area is 178 Å². The number of carbonyl (C=O) groups is 1. The molecule has 27 heavy (non-hydrogen) atoms. The van der Waals surface area contributed by atoms with Crippen molar-refractivity contribution in [3.8, 4) is 0 Å². The van der Waals surface area contributed by atoms with Gasteiger partial charge in [-0.15, -0.1) is 24.0 Å². The number of carbonyl (C=O) groups excluding carboxylic acids is 1. The van der Waals surface area contributed by atoms with Crippen LogP contribution in [0.1, 0.15) is 24.8 Å². The van der Waals surface area contributed by atoms with E-state index >= 15 is 0 Å². The Balaban J connectivity index is 0.00000364. The maximum atomic E-state index is 13.6. The molecule has 2 rings (SSSR count). The molecule has 1 unspecified atom stereocenters. The maximum Gasteiger partial charge on any atom is 0.239 e. The van der Waals surface area contributed by atoms with Crippen LogP contribution in [0.5, 0.6) is 0 Å². The minimum atomic E-state index is -0.221. The monoisotopic (exact) mass is 491 g/mol. The van der Waals surface area contributed by atoms with Crippen LogP contribution in [-0.2, 0) is 11.3 Å². The summed E-state index contributed by atoms with van der Waals surface area (Å²) in [5.74, 6) is 0.620. The van der Waals surface area contributed by atoms with Gasteiger partial charge >= 0.3 is 0 Å². The van der Waals surface area contributed by atoms with Gasteiger partial charge in [-0.2, -0.15) is 0 Å². The Hall–Kier alpha value is -1.42. The van der Waals surface area contributed by atoms with E-state index in [2.05, 4.69) is 20.5 Å². The Kier molecular flexibility index (Phi) is 10.6. The molecule has 1 aliphatic rings. The van der Waals surface area contributed by atoms with E-state index in [1.165, 1.54) is 6.07 Å². The van der Waals surface area contributed by atoms with Crippen LogP contribution in [0, 0.1) is 5.82 Å². The molecule has 2 N–H and O–H groups in total. The van der Waals surface area contributed by atoms with E-state index in [-0.39, 0.29) is 41.7 Å². The van der Waals surface area contributed by atoms with Gasteiger partial charge in [0.05, 0.1) is 6.04 Å². The van der Waals surface area contributed by atoms with Gasteiger partial charge in [0.2, 0.25) is 5.91 Å². The molecule has 1 aromatic rings. The summed E-state index contributed by atoms with van der Waals surface area (Å²) in [5.41, 5.74) is 0.609. The number of halogens is 2. The summed E-state index contributed by atoms with van der Waals surface area (Å²) in [6.07, 6.45) is 2.93. The molecular formula is C19H31FIN5O. The predicted molar refractivity (Wildman–Crippen MR) is 118 cm³/mol. The molecule has 0 bridgehead atoms. The first-order valence-corrected chi connectivity index (χ1v) is 9.16. The number of likely N-dealkylation sites (N-methyl/N-ethyl adjacent to an activating group) is 1. The Bertz CT molecular complexity index is 626. The van der Waals surface area contributed by atoms with Crippen molar-refractivity contribution in [2.75, 3.05) is 40.8 Å². The summed E-state index contributed by atoms with van der Waals surface area (Å²) >= 11 is 0. The van der Waals surface area contributed by atoms with Gasteiger partial charge in [-0.05, 0) is 31.9 Å². The molecule has 1 atom stereocenters. The zero-order valence-electron chi connectivity index (χ0n) is 16.4. The van der Waals surface area contributed by atoms with Gasteiger partial charge in [0.25, 0.3) is 0 Å². The van der Waals surface area contributed by atoms with E-state index in [1.54, 1.807) is 24.1 Å². The lowest BCUT2D eigenvalue weighted by Crippen LogP contribution is -2.44. The molecule has 152 valence electrons. The molecule has 6 nitrogen and oxygen atoms in total. The van der Waals surface area contributed by atoms with Crippen molar-refractivity contribution in [2.45, 2.75) is 31.8 Å². The van der Waals surface area contributed by atoms with E-state index in [9.17, 15) is 9.18 Å². The first kappa shape index (κ1) is 23.6. The van der Waals surface area contributed by atoms with Crippen molar-refractivity contribution < 1.29 is 9.18 Å². The molecule has 1 aliphatic heterocycles. The van der Waals surface area contributed by atoms with Crippen molar-refractivity contribution in [1.82, 2.24) is 20.4 Å². The number of benzene rings is 1. The third-order valence-corrected chi connectivity index (χ3v) is 4.63. The number of nitrogens with one attached hydrogen (secondary N) is 2. The van der Waals surface area contributed by atoms with Crippen LogP contribution in [0.3, 0.4) is 0 Å². The topological polar surface area (TPSA) is 60.0 Å². The molecule has 1 aromatic carbocycles. The first-order chi connectivity index (χ1) is 12.5. The average molecular weight is 491 g/mol. The van der Waals surface area contributed by atoms with Crippen LogP contribution in [0.15, 0.2) is 29.3 Å². The fraction of sp³-hybridized carbons (Fsp3) is 0.579. The molecular weight excluding hydrogens is 460 g/mol. The molecule has 0 aromatic heterocycles. The van der Waals surface area contributed by atoms with E-state index in [1.807, 2.05) is 20.2 Å². The number of nitrogens with zero attached hydrogens (tertiary/aromatic N) is 3. The van der Waals surface area contributed by atoms with Crippen LogP contribution in [0.25, 0.3) is 0 Å². The summed E-state index contributed by atoms with van der Waals surface area (Å²) in [7, 11) is 5.32. The van der Waals surface area contributed by atoms with Gasteiger partial charge in [-0.1, -0.05) is 18.2 Å². The SMILES string of the molecule is CN=C(NCCCN1CCCC1C(=O)N(C)C)NCc1ccccc1F.I. The lowest BCUT2D eigenvalue weighted by molar-refractivity contribution is -0.133. The Morgan fingerprint density at radius 1 is 1.33 bits per heavy atom. The third-order valence-electron chi connectivity index (χ3n) is 4.63. The number of guanidine groups is 1. The smallest absolute Gasteiger partial charge is 0.239 e. The third kappa shape index (κ3) is 7.25. The standard InChI is InChI=1S/C19H30FN5O.HI/c1-21-19(23-14-15-8-4-5-9-16(15)20)22-11-7-13-25-12-6-10-17(25)18(26)24(2)3;/h4-5,8-9,17H,6-7,10-14H2,1-3H3,(H2,21,22,23);1H. The number of rotatable bonds is 7. The van der Waals surface area contributed by atoms with Crippen LogP contribution in [-0.4, -0.2) is 68.5 Å². The number of hydrogen-bond donors (Lipinski definition) is 2. The number of likely N-dealkylation sites (tertiary alicyclic amines) is 1. The summed E-state index contributed by atoms with van der Waals surface area (Å²) in [4.78, 5) is 20.3. The van der Waals surface area contributed by atoms with Crippen LogP contribution in [0.4, 0.5) is 4.39 Å². The van der Waals surface area contributed by atoms with Crippen molar-refractivity contribution >= 4 is 35.8 Å². The highest BCUT2D eigenvalue weighted by Crippen LogP contribution is 2.18. The number of hydrogen-bond acceptors (Lipinski definition) is 3. The summed E-state index contributed by atoms with van der Waals surface area (Å²) in [6.45, 7) is 2.99. The molecule has 0 radical (unpaired) electrons. The average Bonchev–Trinajstić information content (AvgIpc) is 3.10. The molecule has 1 heterocycles. The Morgan fingerprint density at radius 3 is 2.74 bits per heavy atom. The number of aliphatic imine (C=N–C) groups is 1. The molecule has 0 spiro atoms. The highest BCUT2D eigenvalue weighted by Gasteiger charge is 2.30. The zero-order valence-corrected chi connectivity index (χ0v) is 18.7. The minimum absolute atomic E-state index is 0. The quantitative estimate of drug-likeness (QED) is 0.266. The maximum absolute atomic E-state index is 13.6. The summed E-state index contributed by atoms with van der Waals surface area (Å²) in [5, 5.41) is 6.37. The van der Waals surface area contributed by atoms with Crippen molar-refractivity contribution in [3.05, 3.63) is 35.6 Å². The fourth-order valence-electron chi connectivity index (χ4n) is 3.20. The summed E-state index contributed by atoms with van der Waals surface area (Å²) < 4.78 is 13.6. The molecule has 0 aliphatic carbocycles. The lowest BCUT2D eigenvalue weighted by atomic mass is 10.2.